The molecule has 0 heterocycles. The molecule has 4 heteroatoms. The summed E-state index contributed by atoms with van der Waals surface area (Å²) in [7, 11) is 0. The van der Waals surface area contributed by atoms with Gasteiger partial charge in [0.05, 0.1) is 26.4 Å². The van der Waals surface area contributed by atoms with Crippen LogP contribution in [0.5, 0.6) is 0 Å². The van der Waals surface area contributed by atoms with E-state index in [0.29, 0.717) is 26.2 Å². The Morgan fingerprint density at radius 3 is 1.79 bits per heavy atom. The predicted octanol–water partition coefficient (Wildman–Crippen LogP) is 5.46. The monoisotopic (exact) mass is 444 g/mol. The molecule has 0 fully saturated rings. The highest BCUT2D eigenvalue weighted by Crippen LogP contribution is 2.31. The molecule has 3 aromatic carbocycles. The lowest BCUT2D eigenvalue weighted by molar-refractivity contribution is -0.188. The number of aliphatic hydroxyl groups is 1. The Bertz CT molecular complexity index is 974. The Morgan fingerprint density at radius 1 is 0.697 bits per heavy atom. The van der Waals surface area contributed by atoms with Crippen LogP contribution in [-0.4, -0.2) is 29.5 Å². The summed E-state index contributed by atoms with van der Waals surface area (Å²) in [5, 5.41) is 11.8. The maximum absolute atomic E-state index is 11.8. The van der Waals surface area contributed by atoms with Crippen LogP contribution in [0.15, 0.2) is 103 Å². The minimum absolute atomic E-state index is 0.175. The van der Waals surface area contributed by atoms with Gasteiger partial charge in [-0.3, -0.25) is 0 Å². The van der Waals surface area contributed by atoms with Crippen LogP contribution in [0, 0.1) is 0 Å². The molecule has 0 aliphatic heterocycles. The van der Waals surface area contributed by atoms with E-state index in [-0.39, 0.29) is 12.7 Å². The van der Waals surface area contributed by atoms with Crippen LogP contribution >= 0.6 is 0 Å². The maximum atomic E-state index is 11.8. The zero-order valence-electron chi connectivity index (χ0n) is 18.9. The maximum Gasteiger partial charge on any atom is 0.119 e. The Labute approximate surface area is 196 Å². The van der Waals surface area contributed by atoms with Gasteiger partial charge < -0.3 is 19.3 Å². The van der Waals surface area contributed by atoms with Crippen molar-refractivity contribution in [3.8, 4) is 0 Å². The fourth-order valence-corrected chi connectivity index (χ4v) is 4.11. The Morgan fingerprint density at radius 2 is 1.21 bits per heavy atom. The molecule has 0 spiro atoms. The van der Waals surface area contributed by atoms with Gasteiger partial charge >= 0.3 is 0 Å². The van der Waals surface area contributed by atoms with E-state index >= 15 is 0 Å². The molecular formula is C29H32O4. The number of allylic oxidation sites excluding steroid dienone is 1. The van der Waals surface area contributed by atoms with Gasteiger partial charge in [-0.2, -0.15) is 0 Å². The van der Waals surface area contributed by atoms with Crippen LogP contribution in [0.25, 0.3) is 0 Å². The number of hydrogen-bond acceptors (Lipinski definition) is 4. The number of ether oxygens (including phenoxy) is 3. The number of benzene rings is 3. The summed E-state index contributed by atoms with van der Waals surface area (Å²) < 4.78 is 18.6. The van der Waals surface area contributed by atoms with Gasteiger partial charge in [-0.25, -0.2) is 0 Å². The van der Waals surface area contributed by atoms with Crippen LogP contribution in [0.4, 0.5) is 0 Å². The Hall–Kier alpha value is -2.76. The van der Waals surface area contributed by atoms with Gasteiger partial charge in [0.25, 0.3) is 0 Å². The van der Waals surface area contributed by atoms with Gasteiger partial charge in [0.1, 0.15) is 17.8 Å². The summed E-state index contributed by atoms with van der Waals surface area (Å²) >= 11 is 0. The topological polar surface area (TPSA) is 47.9 Å². The van der Waals surface area contributed by atoms with E-state index in [9.17, 15) is 5.11 Å². The van der Waals surface area contributed by atoms with Gasteiger partial charge in [0, 0.05) is 0 Å². The van der Waals surface area contributed by atoms with E-state index in [4.69, 9.17) is 14.2 Å². The average molecular weight is 445 g/mol. The molecule has 33 heavy (non-hydrogen) atoms. The largest absolute Gasteiger partial charge is 0.385 e. The van der Waals surface area contributed by atoms with Gasteiger partial charge in [-0.1, -0.05) is 103 Å². The number of hydrogen-bond donors (Lipinski definition) is 1. The molecule has 0 radical (unpaired) electrons. The Balaban J connectivity index is 1.48. The van der Waals surface area contributed by atoms with E-state index < -0.39 is 11.7 Å². The molecule has 0 bridgehead atoms. The summed E-state index contributed by atoms with van der Waals surface area (Å²) in [4.78, 5) is 0. The van der Waals surface area contributed by atoms with Gasteiger partial charge in [0.2, 0.25) is 0 Å². The summed E-state index contributed by atoms with van der Waals surface area (Å²) in [6.45, 7) is 1.46. The molecule has 4 nitrogen and oxygen atoms in total. The Kier molecular flexibility index (Phi) is 8.45. The van der Waals surface area contributed by atoms with Gasteiger partial charge in [-0.15, -0.1) is 0 Å². The molecule has 1 N–H and O–H groups in total. The first kappa shape index (κ1) is 23.4. The first-order valence-corrected chi connectivity index (χ1v) is 11.5. The second kappa shape index (κ2) is 11.9. The van der Waals surface area contributed by atoms with E-state index in [1.165, 1.54) is 0 Å². The molecule has 0 aromatic heterocycles. The fraction of sp³-hybridized carbons (Fsp3) is 0.310. The predicted molar refractivity (Wildman–Crippen MR) is 129 cm³/mol. The minimum atomic E-state index is -1.17. The molecule has 3 atom stereocenters. The second-order valence-electron chi connectivity index (χ2n) is 8.53. The summed E-state index contributed by atoms with van der Waals surface area (Å²) in [6.07, 6.45) is 4.43. The lowest BCUT2D eigenvalue weighted by atomic mass is 9.90. The molecule has 3 aromatic rings. The fourth-order valence-electron chi connectivity index (χ4n) is 4.11. The highest BCUT2D eigenvalue weighted by Gasteiger charge is 2.43. The third-order valence-corrected chi connectivity index (χ3v) is 5.92. The van der Waals surface area contributed by atoms with Crippen molar-refractivity contribution in [3.63, 3.8) is 0 Å². The van der Waals surface area contributed by atoms with Crippen LogP contribution in [-0.2, 0) is 34.0 Å². The molecule has 172 valence electrons. The zero-order chi connectivity index (χ0) is 22.8. The first-order chi connectivity index (χ1) is 16.2. The molecular weight excluding hydrogens is 412 g/mol. The van der Waals surface area contributed by atoms with Crippen molar-refractivity contribution in [2.24, 2.45) is 0 Å². The van der Waals surface area contributed by atoms with Crippen molar-refractivity contribution in [2.45, 2.75) is 50.5 Å². The lowest BCUT2D eigenvalue weighted by Crippen LogP contribution is -2.53. The van der Waals surface area contributed by atoms with E-state index in [0.717, 1.165) is 23.1 Å². The van der Waals surface area contributed by atoms with Crippen LogP contribution in [0.3, 0.4) is 0 Å². The highest BCUT2D eigenvalue weighted by atomic mass is 16.6. The molecule has 0 unspecified atom stereocenters. The average Bonchev–Trinajstić information content (AvgIpc) is 3.02. The molecule has 1 aliphatic rings. The zero-order valence-corrected chi connectivity index (χ0v) is 18.9. The van der Waals surface area contributed by atoms with Gasteiger partial charge in [-0.05, 0) is 29.5 Å². The lowest BCUT2D eigenvalue weighted by Gasteiger charge is -2.38. The summed E-state index contributed by atoms with van der Waals surface area (Å²) in [5.41, 5.74) is 2.04. The van der Waals surface area contributed by atoms with Crippen molar-refractivity contribution in [1.29, 1.82) is 0 Å². The van der Waals surface area contributed by atoms with Crippen LogP contribution in [0.2, 0.25) is 0 Å². The third kappa shape index (κ3) is 6.86. The quantitative estimate of drug-likeness (QED) is 0.422. The highest BCUT2D eigenvalue weighted by molar-refractivity contribution is 5.16. The van der Waals surface area contributed by atoms with Crippen molar-refractivity contribution in [3.05, 3.63) is 120 Å². The standard InChI is InChI=1S/C29H32O4/c30-29(23-31-20-24-12-4-1-5-13-24)19-11-10-18-27(32-21-25-14-6-2-7-15-25)28(29)33-22-26-16-8-3-9-17-26/h1-10,12-18,27-28,30H,11,19-23H2/t27-,28+,29-/m1/s1. The summed E-state index contributed by atoms with van der Waals surface area (Å²) in [5.74, 6) is 0. The van der Waals surface area contributed by atoms with E-state index in [1.54, 1.807) is 0 Å². The third-order valence-electron chi connectivity index (χ3n) is 5.92. The van der Waals surface area contributed by atoms with E-state index in [1.807, 2.05) is 97.1 Å². The number of rotatable bonds is 10. The molecule has 0 amide bonds. The molecule has 0 saturated carbocycles. The van der Waals surface area contributed by atoms with Crippen LogP contribution in [0.1, 0.15) is 29.5 Å². The molecule has 1 aliphatic carbocycles. The van der Waals surface area contributed by atoms with E-state index in [2.05, 4.69) is 6.08 Å². The van der Waals surface area contributed by atoms with Crippen LogP contribution < -0.4 is 0 Å². The normalized spacial score (nSPS) is 22.7. The SMILES string of the molecule is O[C@@]1(COCc2ccccc2)CCC=C[C@@H](OCc2ccccc2)[C@@H]1OCc1ccccc1. The van der Waals surface area contributed by atoms with Gasteiger partial charge in [0.15, 0.2) is 0 Å². The van der Waals surface area contributed by atoms with Crippen molar-refractivity contribution < 1.29 is 19.3 Å². The van der Waals surface area contributed by atoms with Crippen molar-refractivity contribution in [2.75, 3.05) is 6.61 Å². The van der Waals surface area contributed by atoms with Crippen molar-refractivity contribution in [1.82, 2.24) is 0 Å². The summed E-state index contributed by atoms with van der Waals surface area (Å²) in [6, 6.07) is 30.1. The smallest absolute Gasteiger partial charge is 0.119 e. The molecule has 0 saturated heterocycles. The minimum Gasteiger partial charge on any atom is -0.385 e. The second-order valence-corrected chi connectivity index (χ2v) is 8.53. The molecule has 4 rings (SSSR count). The first-order valence-electron chi connectivity index (χ1n) is 11.5. The van der Waals surface area contributed by atoms with Crippen molar-refractivity contribution >= 4 is 0 Å².